The molecule has 1 amide bonds. The maximum atomic E-state index is 12.1. The van der Waals surface area contributed by atoms with E-state index in [1.807, 2.05) is 23.7 Å². The lowest BCUT2D eigenvalue weighted by atomic mass is 10.1. The van der Waals surface area contributed by atoms with Crippen molar-refractivity contribution in [3.8, 4) is 0 Å². The highest BCUT2D eigenvalue weighted by atomic mass is 32.1. The van der Waals surface area contributed by atoms with E-state index < -0.39 is 0 Å². The number of thiophene rings is 1. The van der Waals surface area contributed by atoms with Gasteiger partial charge in [0.1, 0.15) is 0 Å². The number of pyridine rings is 1. The monoisotopic (exact) mass is 353 g/mol. The number of rotatable bonds is 5. The van der Waals surface area contributed by atoms with Gasteiger partial charge in [-0.3, -0.25) is 14.7 Å². The molecular formula is C19H19N3O2S. The molecule has 4 rings (SSSR count). The predicted molar refractivity (Wildman–Crippen MR) is 96.3 cm³/mol. The molecule has 0 unspecified atom stereocenters. The summed E-state index contributed by atoms with van der Waals surface area (Å²) in [7, 11) is 0. The summed E-state index contributed by atoms with van der Waals surface area (Å²) in [5.74, 6) is -0.0599. The van der Waals surface area contributed by atoms with Crippen molar-refractivity contribution in [1.82, 2.24) is 15.2 Å². The number of nitrogens with one attached hydrogen (secondary N) is 1. The largest absolute Gasteiger partial charge is 0.472 e. The van der Waals surface area contributed by atoms with Crippen molar-refractivity contribution in [3.05, 3.63) is 75.6 Å². The van der Waals surface area contributed by atoms with E-state index in [9.17, 15) is 4.79 Å². The lowest BCUT2D eigenvalue weighted by molar-refractivity contribution is 0.0951. The molecule has 1 N–H and O–H groups in total. The Hall–Kier alpha value is -2.44. The Balaban J connectivity index is 1.36. The molecule has 0 spiro atoms. The van der Waals surface area contributed by atoms with Gasteiger partial charge < -0.3 is 9.73 Å². The zero-order valence-electron chi connectivity index (χ0n) is 13.8. The number of hydrogen-bond donors (Lipinski definition) is 1. The molecule has 3 aromatic rings. The second-order valence-corrected chi connectivity index (χ2v) is 7.39. The Kier molecular flexibility index (Phi) is 4.63. The van der Waals surface area contributed by atoms with E-state index in [2.05, 4.69) is 21.3 Å². The fourth-order valence-corrected chi connectivity index (χ4v) is 4.20. The molecular weight excluding hydrogens is 334 g/mol. The molecule has 0 radical (unpaired) electrons. The normalized spacial score (nSPS) is 14.2. The average Bonchev–Trinajstić information content (AvgIpc) is 3.29. The Morgan fingerprint density at radius 1 is 1.32 bits per heavy atom. The van der Waals surface area contributed by atoms with Crippen LogP contribution in [-0.2, 0) is 26.1 Å². The molecule has 6 heteroatoms. The molecule has 1 aliphatic rings. The van der Waals surface area contributed by atoms with Crippen molar-refractivity contribution in [2.24, 2.45) is 0 Å². The molecule has 0 aliphatic carbocycles. The van der Waals surface area contributed by atoms with Gasteiger partial charge in [-0.2, -0.15) is 0 Å². The Morgan fingerprint density at radius 2 is 2.20 bits per heavy atom. The summed E-state index contributed by atoms with van der Waals surface area (Å²) in [6.45, 7) is 3.50. The number of nitrogens with zero attached hydrogens (tertiary/aromatic N) is 2. The Bertz CT molecular complexity index is 843. The highest BCUT2D eigenvalue weighted by molar-refractivity contribution is 7.12. The number of amides is 1. The van der Waals surface area contributed by atoms with Crippen molar-refractivity contribution in [2.75, 3.05) is 6.54 Å². The summed E-state index contributed by atoms with van der Waals surface area (Å²) in [5, 5.41) is 2.99. The molecule has 25 heavy (non-hydrogen) atoms. The van der Waals surface area contributed by atoms with Crippen LogP contribution in [0.3, 0.4) is 0 Å². The first-order valence-corrected chi connectivity index (χ1v) is 9.12. The molecule has 0 saturated heterocycles. The maximum absolute atomic E-state index is 12.1. The maximum Gasteiger partial charge on any atom is 0.251 e. The third-order valence-electron chi connectivity index (χ3n) is 4.35. The first kappa shape index (κ1) is 16.1. The molecule has 1 aliphatic heterocycles. The van der Waals surface area contributed by atoms with E-state index in [0.29, 0.717) is 12.1 Å². The summed E-state index contributed by atoms with van der Waals surface area (Å²) in [4.78, 5) is 21.2. The Labute approximate surface area is 150 Å². The first-order valence-electron chi connectivity index (χ1n) is 8.30. The number of carbonyl (C=O) groups is 1. The van der Waals surface area contributed by atoms with E-state index in [-0.39, 0.29) is 5.91 Å². The predicted octanol–water partition coefficient (Wildman–Crippen LogP) is 3.22. The molecule has 0 aromatic carbocycles. The lowest BCUT2D eigenvalue weighted by Gasteiger charge is -2.26. The quantitative estimate of drug-likeness (QED) is 0.765. The van der Waals surface area contributed by atoms with Gasteiger partial charge >= 0.3 is 0 Å². The Morgan fingerprint density at radius 3 is 3.00 bits per heavy atom. The van der Waals surface area contributed by atoms with Crippen LogP contribution < -0.4 is 5.32 Å². The minimum absolute atomic E-state index is 0.0599. The number of furan rings is 1. The van der Waals surface area contributed by atoms with Crippen molar-refractivity contribution in [3.63, 3.8) is 0 Å². The third kappa shape index (κ3) is 3.81. The fourth-order valence-electron chi connectivity index (χ4n) is 3.09. The molecule has 0 atom stereocenters. The van der Waals surface area contributed by atoms with Gasteiger partial charge in [-0.05, 0) is 36.2 Å². The smallest absolute Gasteiger partial charge is 0.251 e. The number of aromatic nitrogens is 1. The van der Waals surface area contributed by atoms with Crippen LogP contribution in [0.1, 0.15) is 31.2 Å². The molecule has 3 aromatic heterocycles. The molecule has 0 bridgehead atoms. The van der Waals surface area contributed by atoms with Crippen LogP contribution in [0.5, 0.6) is 0 Å². The lowest BCUT2D eigenvalue weighted by Crippen LogP contribution is -2.28. The zero-order valence-corrected chi connectivity index (χ0v) is 14.6. The van der Waals surface area contributed by atoms with Crippen LogP contribution in [0.4, 0.5) is 0 Å². The van der Waals surface area contributed by atoms with Crippen molar-refractivity contribution in [1.29, 1.82) is 0 Å². The highest BCUT2D eigenvalue weighted by Crippen LogP contribution is 2.29. The minimum atomic E-state index is -0.0599. The van der Waals surface area contributed by atoms with Gasteiger partial charge in [0.2, 0.25) is 0 Å². The minimum Gasteiger partial charge on any atom is -0.472 e. The number of hydrogen-bond acceptors (Lipinski definition) is 5. The zero-order chi connectivity index (χ0) is 17.1. The van der Waals surface area contributed by atoms with E-state index in [0.717, 1.165) is 26.1 Å². The van der Waals surface area contributed by atoms with Crippen molar-refractivity contribution in [2.45, 2.75) is 26.1 Å². The molecule has 5 nitrogen and oxygen atoms in total. The second kappa shape index (κ2) is 7.21. The summed E-state index contributed by atoms with van der Waals surface area (Å²) >= 11 is 1.81. The van der Waals surface area contributed by atoms with Crippen LogP contribution in [-0.4, -0.2) is 22.3 Å². The molecule has 0 saturated carbocycles. The number of carbonyl (C=O) groups excluding carboxylic acids is 1. The third-order valence-corrected chi connectivity index (χ3v) is 5.59. The van der Waals surface area contributed by atoms with Gasteiger partial charge in [-0.25, -0.2) is 0 Å². The highest BCUT2D eigenvalue weighted by Gasteiger charge is 2.19. The molecule has 0 fully saturated rings. The summed E-state index contributed by atoms with van der Waals surface area (Å²) < 4.78 is 5.15. The van der Waals surface area contributed by atoms with Gasteiger partial charge in [0, 0.05) is 52.9 Å². The van der Waals surface area contributed by atoms with Crippen LogP contribution in [0, 0.1) is 0 Å². The van der Waals surface area contributed by atoms with Crippen molar-refractivity contribution >= 4 is 17.2 Å². The summed E-state index contributed by atoms with van der Waals surface area (Å²) in [6, 6.07) is 7.70. The van der Waals surface area contributed by atoms with Gasteiger partial charge in [-0.15, -0.1) is 11.3 Å². The average molecular weight is 353 g/mol. The van der Waals surface area contributed by atoms with E-state index in [4.69, 9.17) is 4.42 Å². The van der Waals surface area contributed by atoms with Crippen molar-refractivity contribution < 1.29 is 9.21 Å². The molecule has 4 heterocycles. The van der Waals surface area contributed by atoms with Crippen LogP contribution >= 0.6 is 11.3 Å². The van der Waals surface area contributed by atoms with Crippen LogP contribution in [0.2, 0.25) is 0 Å². The SMILES string of the molecule is O=C(NCc1cc2c(s1)CCN(Cc1ccoc1)C2)c1ccncc1. The van der Waals surface area contributed by atoms with Crippen LogP contribution in [0.15, 0.2) is 53.6 Å². The van der Waals surface area contributed by atoms with E-state index in [1.54, 1.807) is 30.8 Å². The molecule has 128 valence electrons. The standard InChI is InChI=1S/C19H19N3O2S/c23-19(15-1-5-20-6-2-15)21-10-17-9-16-12-22(7-3-18(16)25-17)11-14-4-8-24-13-14/h1-2,4-6,8-9,13H,3,7,10-12H2,(H,21,23). The van der Waals surface area contributed by atoms with Gasteiger partial charge in [-0.1, -0.05) is 0 Å². The van der Waals surface area contributed by atoms with Gasteiger partial charge in [0.05, 0.1) is 19.1 Å². The summed E-state index contributed by atoms with van der Waals surface area (Å²) in [6.07, 6.45) is 7.86. The van der Waals surface area contributed by atoms with Crippen LogP contribution in [0.25, 0.3) is 0 Å². The fraction of sp³-hybridized carbons (Fsp3) is 0.263. The first-order chi connectivity index (χ1) is 12.3. The van der Waals surface area contributed by atoms with Gasteiger partial charge in [0.15, 0.2) is 0 Å². The summed E-state index contributed by atoms with van der Waals surface area (Å²) in [5.41, 5.74) is 3.24. The topological polar surface area (TPSA) is 58.4 Å². The van der Waals surface area contributed by atoms with Gasteiger partial charge in [0.25, 0.3) is 5.91 Å². The number of fused-ring (bicyclic) bond motifs is 1. The van der Waals surface area contributed by atoms with E-state index >= 15 is 0 Å². The van der Waals surface area contributed by atoms with E-state index in [1.165, 1.54) is 20.9 Å². The second-order valence-electron chi connectivity index (χ2n) is 6.17.